The predicted molar refractivity (Wildman–Crippen MR) is 106 cm³/mol. The number of rotatable bonds is 5. The normalized spacial score (nSPS) is 14.0. The van der Waals surface area contributed by atoms with Gasteiger partial charge in [-0.15, -0.1) is 5.10 Å². The number of aromatic nitrogens is 4. The lowest BCUT2D eigenvalue weighted by Gasteiger charge is -2.27. The minimum atomic E-state index is -5.08. The van der Waals surface area contributed by atoms with Crippen LogP contribution in [-0.2, 0) is 34.5 Å². The highest BCUT2D eigenvalue weighted by molar-refractivity contribution is 7.89. The van der Waals surface area contributed by atoms with Crippen LogP contribution in [0.2, 0.25) is 0 Å². The van der Waals surface area contributed by atoms with Crippen LogP contribution >= 0.6 is 0 Å². The molecule has 0 radical (unpaired) electrons. The first-order valence-electron chi connectivity index (χ1n) is 9.49. The Morgan fingerprint density at radius 2 is 1.85 bits per heavy atom. The molecule has 1 aromatic carbocycles. The molecule has 15 heteroatoms. The van der Waals surface area contributed by atoms with E-state index in [0.717, 1.165) is 6.07 Å². The fraction of sp³-hybridized carbons (Fsp3) is 0.263. The minimum Gasteiger partial charge on any atom is -0.486 e. The maximum atomic E-state index is 14.0. The standard InChI is InChI=1S/C17H16FN5O3S.C2HF3O2/c18-14-5-1-2-6-17(14)27(24,25)22-8-9-23-16(11-22)15(20-21-23)12-26-13-4-3-7-19-10-13;3-2(4,5)1(6)7/h1-7,10H,8-9,11-12H2;(H,6,7). The van der Waals surface area contributed by atoms with E-state index in [9.17, 15) is 26.0 Å². The van der Waals surface area contributed by atoms with Crippen LogP contribution < -0.4 is 4.74 Å². The van der Waals surface area contributed by atoms with Gasteiger partial charge in [0, 0.05) is 12.7 Å². The van der Waals surface area contributed by atoms with Gasteiger partial charge in [-0.25, -0.2) is 22.3 Å². The molecular weight excluding hydrogens is 486 g/mol. The summed E-state index contributed by atoms with van der Waals surface area (Å²) in [6.45, 7) is 0.711. The topological polar surface area (TPSA) is 128 Å². The van der Waals surface area contributed by atoms with Crippen molar-refractivity contribution >= 4 is 16.0 Å². The summed E-state index contributed by atoms with van der Waals surface area (Å²) in [5, 5.41) is 15.3. The number of sulfonamides is 1. The third-order valence-electron chi connectivity index (χ3n) is 4.51. The number of hydrogen-bond acceptors (Lipinski definition) is 7. The summed E-state index contributed by atoms with van der Waals surface area (Å²) < 4.78 is 79.9. The molecule has 0 atom stereocenters. The number of halogens is 4. The van der Waals surface area contributed by atoms with Crippen LogP contribution in [0, 0.1) is 5.82 Å². The van der Waals surface area contributed by atoms with Crippen LogP contribution in [0.3, 0.4) is 0 Å². The minimum absolute atomic E-state index is 0.0510. The van der Waals surface area contributed by atoms with Gasteiger partial charge in [-0.1, -0.05) is 17.3 Å². The van der Waals surface area contributed by atoms with Gasteiger partial charge in [0.25, 0.3) is 0 Å². The van der Waals surface area contributed by atoms with E-state index in [1.54, 1.807) is 29.2 Å². The van der Waals surface area contributed by atoms with Crippen LogP contribution in [0.1, 0.15) is 11.4 Å². The van der Waals surface area contributed by atoms with Crippen molar-refractivity contribution in [2.75, 3.05) is 6.54 Å². The van der Waals surface area contributed by atoms with Gasteiger partial charge in [-0.3, -0.25) is 4.98 Å². The molecule has 10 nitrogen and oxygen atoms in total. The first-order valence-corrected chi connectivity index (χ1v) is 10.9. The molecule has 1 aliphatic heterocycles. The van der Waals surface area contributed by atoms with E-state index in [0.29, 0.717) is 23.7 Å². The Bertz CT molecular complexity index is 1250. The molecule has 182 valence electrons. The Balaban J connectivity index is 0.000000406. The molecule has 0 bridgehead atoms. The average Bonchev–Trinajstić information content (AvgIpc) is 3.20. The first-order chi connectivity index (χ1) is 16.0. The van der Waals surface area contributed by atoms with Crippen LogP contribution in [-0.4, -0.2) is 56.5 Å². The van der Waals surface area contributed by atoms with Gasteiger partial charge in [0.1, 0.15) is 28.8 Å². The SMILES string of the molecule is O=C(O)C(F)(F)F.O=S(=O)(c1ccccc1F)N1CCn2nnc(COc3cccnc3)c2C1. The number of nitrogens with zero attached hydrogens (tertiary/aromatic N) is 5. The van der Waals surface area contributed by atoms with Crippen molar-refractivity contribution in [1.82, 2.24) is 24.3 Å². The Kier molecular flexibility index (Phi) is 7.46. The van der Waals surface area contributed by atoms with E-state index in [-0.39, 0.29) is 24.6 Å². The molecule has 0 aliphatic carbocycles. The van der Waals surface area contributed by atoms with Gasteiger partial charge in [0.15, 0.2) is 0 Å². The smallest absolute Gasteiger partial charge is 0.486 e. The van der Waals surface area contributed by atoms with Crippen LogP contribution in [0.5, 0.6) is 5.75 Å². The van der Waals surface area contributed by atoms with Gasteiger partial charge in [-0.2, -0.15) is 17.5 Å². The fourth-order valence-electron chi connectivity index (χ4n) is 2.87. The lowest BCUT2D eigenvalue weighted by molar-refractivity contribution is -0.192. The van der Waals surface area contributed by atoms with Gasteiger partial charge < -0.3 is 9.84 Å². The highest BCUT2D eigenvalue weighted by Crippen LogP contribution is 2.25. The number of carboxylic acids is 1. The quantitative estimate of drug-likeness (QED) is 0.525. The van der Waals surface area contributed by atoms with Crippen molar-refractivity contribution in [3.63, 3.8) is 0 Å². The number of hydrogen-bond donors (Lipinski definition) is 1. The predicted octanol–water partition coefficient (Wildman–Crippen LogP) is 2.23. The van der Waals surface area contributed by atoms with E-state index in [4.69, 9.17) is 14.6 Å². The molecular formula is C19H17F4N5O5S. The van der Waals surface area contributed by atoms with Crippen molar-refractivity contribution < 1.29 is 40.6 Å². The Morgan fingerprint density at radius 3 is 2.47 bits per heavy atom. The summed E-state index contributed by atoms with van der Waals surface area (Å²) in [6, 6.07) is 8.87. The zero-order chi connectivity index (χ0) is 24.9. The molecule has 0 unspecified atom stereocenters. The number of ether oxygens (including phenoxy) is 1. The second-order valence-corrected chi connectivity index (χ2v) is 8.66. The number of benzene rings is 1. The molecule has 3 aromatic rings. The van der Waals surface area contributed by atoms with Crippen molar-refractivity contribution in [3.05, 3.63) is 66.0 Å². The number of fused-ring (bicyclic) bond motifs is 1. The summed E-state index contributed by atoms with van der Waals surface area (Å²) >= 11 is 0. The van der Waals surface area contributed by atoms with Gasteiger partial charge in [-0.05, 0) is 24.3 Å². The molecule has 4 rings (SSSR count). The molecule has 1 N–H and O–H groups in total. The largest absolute Gasteiger partial charge is 0.490 e. The summed E-state index contributed by atoms with van der Waals surface area (Å²) in [5.74, 6) is -2.95. The Morgan fingerprint density at radius 1 is 1.15 bits per heavy atom. The second-order valence-electron chi connectivity index (χ2n) is 6.76. The highest BCUT2D eigenvalue weighted by atomic mass is 32.2. The zero-order valence-electron chi connectivity index (χ0n) is 17.2. The van der Waals surface area contributed by atoms with Crippen LogP contribution in [0.15, 0.2) is 53.7 Å². The molecule has 34 heavy (non-hydrogen) atoms. The van der Waals surface area contributed by atoms with E-state index < -0.39 is 28.0 Å². The van der Waals surface area contributed by atoms with Gasteiger partial charge in [0.2, 0.25) is 10.0 Å². The monoisotopic (exact) mass is 503 g/mol. The maximum absolute atomic E-state index is 14.0. The van der Waals surface area contributed by atoms with E-state index in [1.165, 1.54) is 22.5 Å². The van der Waals surface area contributed by atoms with Crippen molar-refractivity contribution in [3.8, 4) is 5.75 Å². The second kappa shape index (κ2) is 10.1. The summed E-state index contributed by atoms with van der Waals surface area (Å²) in [5.41, 5.74) is 1.16. The van der Waals surface area contributed by atoms with Crippen molar-refractivity contribution in [2.45, 2.75) is 30.8 Å². The molecule has 0 spiro atoms. The zero-order valence-corrected chi connectivity index (χ0v) is 18.0. The Labute approximate surface area is 190 Å². The Hall–Kier alpha value is -3.59. The molecule has 0 saturated carbocycles. The summed E-state index contributed by atoms with van der Waals surface area (Å²) in [7, 11) is -3.96. The molecule has 0 saturated heterocycles. The third kappa shape index (κ3) is 5.85. The van der Waals surface area contributed by atoms with E-state index >= 15 is 0 Å². The summed E-state index contributed by atoms with van der Waals surface area (Å²) in [4.78, 5) is 12.5. The van der Waals surface area contributed by atoms with Gasteiger partial charge >= 0.3 is 12.1 Å². The molecule has 3 heterocycles. The lowest BCUT2D eigenvalue weighted by atomic mass is 10.3. The van der Waals surface area contributed by atoms with Crippen molar-refractivity contribution in [1.29, 1.82) is 0 Å². The van der Waals surface area contributed by atoms with Crippen molar-refractivity contribution in [2.24, 2.45) is 0 Å². The number of carbonyl (C=O) groups is 1. The average molecular weight is 503 g/mol. The fourth-order valence-corrected chi connectivity index (χ4v) is 4.33. The lowest BCUT2D eigenvalue weighted by Crippen LogP contribution is -2.39. The summed E-state index contributed by atoms with van der Waals surface area (Å²) in [6.07, 6.45) is -1.87. The first kappa shape index (κ1) is 25.0. The number of aliphatic carboxylic acids is 1. The van der Waals surface area contributed by atoms with E-state index in [2.05, 4.69) is 15.3 Å². The molecule has 0 fully saturated rings. The molecule has 1 aliphatic rings. The number of alkyl halides is 3. The maximum Gasteiger partial charge on any atom is 0.490 e. The number of pyridine rings is 1. The van der Waals surface area contributed by atoms with E-state index in [1.807, 2.05) is 0 Å². The number of carboxylic acid groups (broad SMARTS) is 1. The van der Waals surface area contributed by atoms with Crippen LogP contribution in [0.4, 0.5) is 17.6 Å². The van der Waals surface area contributed by atoms with Gasteiger partial charge in [0.05, 0.1) is 25.0 Å². The highest BCUT2D eigenvalue weighted by Gasteiger charge is 2.38. The molecule has 2 aromatic heterocycles. The molecule has 0 amide bonds. The van der Waals surface area contributed by atoms with Crippen LogP contribution in [0.25, 0.3) is 0 Å². The third-order valence-corrected chi connectivity index (χ3v) is 6.39.